The smallest absolute Gasteiger partial charge is 0.408 e. The van der Waals surface area contributed by atoms with Crippen molar-refractivity contribution in [2.45, 2.75) is 0 Å². The van der Waals surface area contributed by atoms with E-state index in [4.69, 9.17) is 16.0 Å². The van der Waals surface area contributed by atoms with Crippen molar-refractivity contribution in [3.8, 4) is 5.69 Å². The molecule has 0 saturated heterocycles. The monoisotopic (exact) mass is 429 g/mol. The lowest BCUT2D eigenvalue weighted by molar-refractivity contribution is 0.502. The Kier molecular flexibility index (Phi) is 3.77. The highest BCUT2D eigenvalue weighted by molar-refractivity contribution is 9.11. The average Bonchev–Trinajstić information content (AvgIpc) is 2.40. The van der Waals surface area contributed by atoms with Crippen molar-refractivity contribution in [3.05, 3.63) is 71.3 Å². The van der Waals surface area contributed by atoms with Crippen molar-refractivity contribution in [1.29, 1.82) is 0 Å². The maximum absolute atomic E-state index is 12.6. The third kappa shape index (κ3) is 2.59. The Morgan fingerprint density at radius 3 is 2.57 bits per heavy atom. The normalized spacial score (nSPS) is 11.0. The first kappa shape index (κ1) is 14.6. The van der Waals surface area contributed by atoms with E-state index in [1.54, 1.807) is 30.3 Å². The fourth-order valence-electron chi connectivity index (χ4n) is 2.00. The standard InChI is InChI=1S/C14H6Br2ClNO3/c15-7-4-10-12(11(16)5-7)21-14(20)18(13(10)19)9-3-1-2-8(17)6-9/h1-6H. The topological polar surface area (TPSA) is 52.2 Å². The van der Waals surface area contributed by atoms with Crippen LogP contribution in [0.25, 0.3) is 16.7 Å². The first-order valence-corrected chi connectivity index (χ1v) is 7.74. The highest BCUT2D eigenvalue weighted by Gasteiger charge is 2.14. The van der Waals surface area contributed by atoms with E-state index in [-0.39, 0.29) is 11.0 Å². The summed E-state index contributed by atoms with van der Waals surface area (Å²) in [6, 6.07) is 9.76. The van der Waals surface area contributed by atoms with Crippen molar-refractivity contribution in [1.82, 2.24) is 4.57 Å². The second-order valence-corrected chi connectivity index (χ2v) is 6.46. The Bertz CT molecular complexity index is 978. The molecule has 0 fully saturated rings. The molecule has 0 aliphatic rings. The van der Waals surface area contributed by atoms with Gasteiger partial charge in [-0.3, -0.25) is 4.79 Å². The molecule has 3 aromatic rings. The molecule has 0 saturated carbocycles. The molecule has 0 unspecified atom stereocenters. The first-order chi connectivity index (χ1) is 9.97. The molecule has 0 N–H and O–H groups in total. The fourth-order valence-corrected chi connectivity index (χ4v) is 3.49. The van der Waals surface area contributed by atoms with Gasteiger partial charge in [0.05, 0.1) is 15.5 Å². The van der Waals surface area contributed by atoms with E-state index in [0.717, 1.165) is 4.57 Å². The van der Waals surface area contributed by atoms with E-state index >= 15 is 0 Å². The molecular weight excluding hydrogens is 425 g/mol. The quantitative estimate of drug-likeness (QED) is 0.582. The molecule has 0 spiro atoms. The number of aromatic nitrogens is 1. The van der Waals surface area contributed by atoms with Crippen LogP contribution in [0.3, 0.4) is 0 Å². The molecule has 0 amide bonds. The van der Waals surface area contributed by atoms with Gasteiger partial charge in [0.15, 0.2) is 5.58 Å². The van der Waals surface area contributed by atoms with Gasteiger partial charge in [0, 0.05) is 9.50 Å². The zero-order chi connectivity index (χ0) is 15.1. The van der Waals surface area contributed by atoms with Gasteiger partial charge in [-0.2, -0.15) is 0 Å². The van der Waals surface area contributed by atoms with Crippen LogP contribution in [0.15, 0.2) is 59.3 Å². The van der Waals surface area contributed by atoms with Gasteiger partial charge in [-0.1, -0.05) is 33.6 Å². The van der Waals surface area contributed by atoms with Crippen molar-refractivity contribution in [3.63, 3.8) is 0 Å². The van der Waals surface area contributed by atoms with Crippen LogP contribution < -0.4 is 11.3 Å². The predicted molar refractivity (Wildman–Crippen MR) is 88.5 cm³/mol. The van der Waals surface area contributed by atoms with Crippen molar-refractivity contribution >= 4 is 54.4 Å². The Morgan fingerprint density at radius 2 is 1.86 bits per heavy atom. The molecular formula is C14H6Br2ClNO3. The summed E-state index contributed by atoms with van der Waals surface area (Å²) in [6.45, 7) is 0. The second-order valence-electron chi connectivity index (χ2n) is 4.25. The number of fused-ring (bicyclic) bond motifs is 1. The highest BCUT2D eigenvalue weighted by atomic mass is 79.9. The van der Waals surface area contributed by atoms with Crippen LogP contribution in [0.1, 0.15) is 0 Å². The number of halogens is 3. The number of hydrogen-bond acceptors (Lipinski definition) is 3. The summed E-state index contributed by atoms with van der Waals surface area (Å²) in [5.74, 6) is -0.766. The number of benzene rings is 2. The number of nitrogens with zero attached hydrogens (tertiary/aromatic N) is 1. The molecule has 1 aromatic heterocycles. The lowest BCUT2D eigenvalue weighted by Crippen LogP contribution is -2.31. The molecule has 0 atom stereocenters. The van der Waals surface area contributed by atoms with Gasteiger partial charge in [-0.05, 0) is 46.3 Å². The summed E-state index contributed by atoms with van der Waals surface area (Å²) in [4.78, 5) is 24.7. The molecule has 0 bridgehead atoms. The van der Waals surface area contributed by atoms with Gasteiger partial charge in [0.2, 0.25) is 0 Å². The Hall–Kier alpha value is -1.37. The third-order valence-electron chi connectivity index (χ3n) is 2.88. The molecule has 0 aliphatic heterocycles. The SMILES string of the molecule is O=c1oc2c(Br)cc(Br)cc2c(=O)n1-c1cccc(Cl)c1. The third-order valence-corrected chi connectivity index (χ3v) is 4.16. The summed E-state index contributed by atoms with van der Waals surface area (Å²) >= 11 is 12.5. The van der Waals surface area contributed by atoms with Crippen LogP contribution >= 0.6 is 43.5 Å². The lowest BCUT2D eigenvalue weighted by atomic mass is 10.2. The van der Waals surface area contributed by atoms with Crippen LogP contribution in [0.4, 0.5) is 0 Å². The van der Waals surface area contributed by atoms with Gasteiger partial charge in [-0.15, -0.1) is 0 Å². The highest BCUT2D eigenvalue weighted by Crippen LogP contribution is 2.26. The van der Waals surface area contributed by atoms with Gasteiger partial charge in [0.1, 0.15) is 0 Å². The number of hydrogen-bond donors (Lipinski definition) is 0. The maximum atomic E-state index is 12.6. The van der Waals surface area contributed by atoms with E-state index in [0.29, 0.717) is 19.7 Å². The molecule has 106 valence electrons. The van der Waals surface area contributed by atoms with Gasteiger partial charge < -0.3 is 4.42 Å². The zero-order valence-electron chi connectivity index (χ0n) is 10.3. The average molecular weight is 431 g/mol. The summed E-state index contributed by atoms with van der Waals surface area (Å²) in [5.41, 5.74) is 0.108. The van der Waals surface area contributed by atoms with Crippen molar-refractivity contribution in [2.24, 2.45) is 0 Å². The molecule has 1 heterocycles. The van der Waals surface area contributed by atoms with Crippen LogP contribution in [0.5, 0.6) is 0 Å². The second kappa shape index (κ2) is 5.44. The minimum Gasteiger partial charge on any atom is -0.408 e. The van der Waals surface area contributed by atoms with Crippen molar-refractivity contribution in [2.75, 3.05) is 0 Å². The van der Waals surface area contributed by atoms with Gasteiger partial charge in [0.25, 0.3) is 5.56 Å². The molecule has 7 heteroatoms. The number of rotatable bonds is 1. The fraction of sp³-hybridized carbons (Fsp3) is 0. The molecule has 21 heavy (non-hydrogen) atoms. The van der Waals surface area contributed by atoms with Gasteiger partial charge in [-0.25, -0.2) is 9.36 Å². The molecule has 4 nitrogen and oxygen atoms in total. The molecule has 0 radical (unpaired) electrons. The van der Waals surface area contributed by atoms with Crippen LogP contribution in [-0.4, -0.2) is 4.57 Å². The Balaban J connectivity index is 2.45. The summed E-state index contributed by atoms with van der Waals surface area (Å²) < 4.78 is 7.43. The van der Waals surface area contributed by atoms with E-state index in [2.05, 4.69) is 31.9 Å². The van der Waals surface area contributed by atoms with Gasteiger partial charge >= 0.3 is 5.76 Å². The van der Waals surface area contributed by atoms with E-state index in [1.807, 2.05) is 0 Å². The Morgan fingerprint density at radius 1 is 1.10 bits per heavy atom. The predicted octanol–water partition coefficient (Wildman–Crippen LogP) is 4.12. The summed E-state index contributed by atoms with van der Waals surface area (Å²) in [7, 11) is 0. The van der Waals surface area contributed by atoms with E-state index < -0.39 is 11.3 Å². The first-order valence-electron chi connectivity index (χ1n) is 5.78. The lowest BCUT2D eigenvalue weighted by Gasteiger charge is -2.07. The Labute approximate surface area is 140 Å². The van der Waals surface area contributed by atoms with Crippen LogP contribution in [0.2, 0.25) is 5.02 Å². The van der Waals surface area contributed by atoms with Crippen LogP contribution in [-0.2, 0) is 0 Å². The molecule has 3 rings (SSSR count). The largest absolute Gasteiger partial charge is 0.427 e. The maximum Gasteiger partial charge on any atom is 0.427 e. The minimum atomic E-state index is -0.766. The minimum absolute atomic E-state index is 0.214. The van der Waals surface area contributed by atoms with E-state index in [1.165, 1.54) is 6.07 Å². The van der Waals surface area contributed by atoms with E-state index in [9.17, 15) is 9.59 Å². The van der Waals surface area contributed by atoms with Crippen LogP contribution in [0, 0.1) is 0 Å². The summed E-state index contributed by atoms with van der Waals surface area (Å²) in [6.07, 6.45) is 0. The van der Waals surface area contributed by atoms with Crippen molar-refractivity contribution < 1.29 is 4.42 Å². The molecule has 2 aromatic carbocycles. The zero-order valence-corrected chi connectivity index (χ0v) is 14.2. The summed E-state index contributed by atoms with van der Waals surface area (Å²) in [5, 5.41) is 0.713. The molecule has 0 aliphatic carbocycles.